The number of hydrogen-bond acceptors (Lipinski definition) is 4. The predicted molar refractivity (Wildman–Crippen MR) is 89.5 cm³/mol. The summed E-state index contributed by atoms with van der Waals surface area (Å²) in [4.78, 5) is 11.8. The number of hydrogen-bond donors (Lipinski definition) is 2. The van der Waals surface area contributed by atoms with Crippen molar-refractivity contribution >= 4 is 11.6 Å². The number of nitrogens with one attached hydrogen (secondary N) is 2. The van der Waals surface area contributed by atoms with Crippen molar-refractivity contribution in [2.45, 2.75) is 27.2 Å². The molecule has 2 N–H and O–H groups in total. The summed E-state index contributed by atoms with van der Waals surface area (Å²) in [6, 6.07) is 5.72. The Morgan fingerprint density at radius 2 is 2.05 bits per heavy atom. The van der Waals surface area contributed by atoms with Gasteiger partial charge in [-0.15, -0.1) is 0 Å². The van der Waals surface area contributed by atoms with E-state index in [1.54, 1.807) is 7.11 Å². The number of carbonyl (C=O) groups is 1. The van der Waals surface area contributed by atoms with Crippen molar-refractivity contribution in [3.63, 3.8) is 0 Å². The topological polar surface area (TPSA) is 59.6 Å². The third kappa shape index (κ3) is 7.43. The van der Waals surface area contributed by atoms with Crippen LogP contribution in [0.25, 0.3) is 0 Å². The van der Waals surface area contributed by atoms with Crippen LogP contribution in [-0.4, -0.2) is 39.3 Å². The van der Waals surface area contributed by atoms with Gasteiger partial charge in [0.05, 0.1) is 19.8 Å². The second kappa shape index (κ2) is 10.2. The maximum atomic E-state index is 11.8. The van der Waals surface area contributed by atoms with Gasteiger partial charge in [-0.25, -0.2) is 0 Å². The third-order valence-electron chi connectivity index (χ3n) is 3.19. The number of rotatable bonds is 10. The lowest BCUT2D eigenvalue weighted by Gasteiger charge is -2.13. The van der Waals surface area contributed by atoms with Crippen LogP contribution in [0.5, 0.6) is 5.75 Å². The molecule has 1 rings (SSSR count). The second-order valence-corrected chi connectivity index (χ2v) is 5.73. The summed E-state index contributed by atoms with van der Waals surface area (Å²) < 4.78 is 10.7. The number of ether oxygens (including phenoxy) is 2. The van der Waals surface area contributed by atoms with Gasteiger partial charge in [0.1, 0.15) is 5.75 Å². The Bertz CT molecular complexity index is 461. The molecule has 0 aromatic heterocycles. The fraction of sp³-hybridized carbons (Fsp3) is 0.588. The van der Waals surface area contributed by atoms with Crippen LogP contribution in [0, 0.1) is 12.8 Å². The highest BCUT2D eigenvalue weighted by atomic mass is 16.5. The summed E-state index contributed by atoms with van der Waals surface area (Å²) in [6.07, 6.45) is 1.01. The van der Waals surface area contributed by atoms with Crippen LogP contribution in [0.2, 0.25) is 0 Å². The standard InChI is InChI=1S/C17H28N2O3/c1-13(2)7-9-22-16-11-15(6-5-14(16)3)19-17(20)12-18-8-10-21-4/h5-6,11,13,18H,7-10,12H2,1-4H3,(H,19,20). The molecule has 0 saturated carbocycles. The molecule has 0 radical (unpaired) electrons. The number of aryl methyl sites for hydroxylation is 1. The fourth-order valence-electron chi connectivity index (χ4n) is 1.82. The van der Waals surface area contributed by atoms with Gasteiger partial charge in [0.2, 0.25) is 5.91 Å². The van der Waals surface area contributed by atoms with E-state index in [0.717, 1.165) is 23.4 Å². The van der Waals surface area contributed by atoms with E-state index in [0.29, 0.717) is 25.7 Å². The minimum absolute atomic E-state index is 0.0758. The summed E-state index contributed by atoms with van der Waals surface area (Å²) in [7, 11) is 1.63. The van der Waals surface area contributed by atoms with Crippen LogP contribution < -0.4 is 15.4 Å². The largest absolute Gasteiger partial charge is 0.493 e. The first-order valence-electron chi connectivity index (χ1n) is 7.76. The van der Waals surface area contributed by atoms with E-state index in [1.165, 1.54) is 0 Å². The van der Waals surface area contributed by atoms with Gasteiger partial charge in [0.25, 0.3) is 0 Å². The molecule has 0 bridgehead atoms. The molecular weight excluding hydrogens is 280 g/mol. The van der Waals surface area contributed by atoms with E-state index in [4.69, 9.17) is 9.47 Å². The molecule has 0 aliphatic carbocycles. The Morgan fingerprint density at radius 3 is 2.73 bits per heavy atom. The van der Waals surface area contributed by atoms with E-state index in [2.05, 4.69) is 24.5 Å². The second-order valence-electron chi connectivity index (χ2n) is 5.73. The monoisotopic (exact) mass is 308 g/mol. The lowest BCUT2D eigenvalue weighted by molar-refractivity contribution is -0.115. The highest BCUT2D eigenvalue weighted by Crippen LogP contribution is 2.23. The zero-order chi connectivity index (χ0) is 16.4. The molecule has 5 nitrogen and oxygen atoms in total. The van der Waals surface area contributed by atoms with E-state index >= 15 is 0 Å². The van der Waals surface area contributed by atoms with Crippen molar-refractivity contribution in [2.24, 2.45) is 5.92 Å². The first kappa shape index (κ1) is 18.5. The van der Waals surface area contributed by atoms with E-state index in [-0.39, 0.29) is 12.5 Å². The van der Waals surface area contributed by atoms with E-state index in [9.17, 15) is 4.79 Å². The van der Waals surface area contributed by atoms with Gasteiger partial charge in [-0.3, -0.25) is 4.79 Å². The summed E-state index contributed by atoms with van der Waals surface area (Å²) in [5, 5.41) is 5.87. The maximum absolute atomic E-state index is 11.8. The molecule has 0 heterocycles. The first-order valence-corrected chi connectivity index (χ1v) is 7.76. The van der Waals surface area contributed by atoms with Crippen molar-refractivity contribution in [3.05, 3.63) is 23.8 Å². The van der Waals surface area contributed by atoms with Crippen LogP contribution in [0.1, 0.15) is 25.8 Å². The van der Waals surface area contributed by atoms with Crippen LogP contribution >= 0.6 is 0 Å². The molecule has 1 amide bonds. The van der Waals surface area contributed by atoms with Crippen molar-refractivity contribution in [2.75, 3.05) is 38.7 Å². The van der Waals surface area contributed by atoms with Gasteiger partial charge < -0.3 is 20.1 Å². The molecular formula is C17H28N2O3. The molecule has 0 atom stereocenters. The summed E-state index contributed by atoms with van der Waals surface area (Å²) in [6.45, 7) is 8.54. The molecule has 0 aliphatic rings. The Balaban J connectivity index is 2.48. The quantitative estimate of drug-likeness (QED) is 0.652. The number of anilines is 1. The lowest BCUT2D eigenvalue weighted by Crippen LogP contribution is -2.30. The highest BCUT2D eigenvalue weighted by molar-refractivity contribution is 5.92. The SMILES string of the molecule is COCCNCC(=O)Nc1ccc(C)c(OCCC(C)C)c1. The molecule has 1 aromatic rings. The average molecular weight is 308 g/mol. The zero-order valence-corrected chi connectivity index (χ0v) is 14.1. The molecule has 5 heteroatoms. The minimum Gasteiger partial charge on any atom is -0.493 e. The molecule has 0 unspecified atom stereocenters. The normalized spacial score (nSPS) is 10.8. The van der Waals surface area contributed by atoms with Gasteiger partial charge in [-0.2, -0.15) is 0 Å². The van der Waals surface area contributed by atoms with Gasteiger partial charge >= 0.3 is 0 Å². The smallest absolute Gasteiger partial charge is 0.238 e. The lowest BCUT2D eigenvalue weighted by atomic mass is 10.1. The summed E-state index contributed by atoms with van der Waals surface area (Å²) in [5.41, 5.74) is 1.82. The average Bonchev–Trinajstić information content (AvgIpc) is 2.46. The van der Waals surface area contributed by atoms with Gasteiger partial charge in [0, 0.05) is 25.4 Å². The third-order valence-corrected chi connectivity index (χ3v) is 3.19. The van der Waals surface area contributed by atoms with Crippen LogP contribution in [0.4, 0.5) is 5.69 Å². The Hall–Kier alpha value is -1.59. The summed E-state index contributed by atoms with van der Waals surface area (Å²) in [5.74, 6) is 1.36. The molecule has 22 heavy (non-hydrogen) atoms. The van der Waals surface area contributed by atoms with Crippen LogP contribution in [-0.2, 0) is 9.53 Å². The first-order chi connectivity index (χ1) is 10.5. The minimum atomic E-state index is -0.0758. The van der Waals surface area contributed by atoms with E-state index in [1.807, 2.05) is 25.1 Å². The Kier molecular flexibility index (Phi) is 8.55. The van der Waals surface area contributed by atoms with Gasteiger partial charge in [-0.1, -0.05) is 19.9 Å². The number of carbonyl (C=O) groups excluding carboxylic acids is 1. The van der Waals surface area contributed by atoms with Crippen LogP contribution in [0.3, 0.4) is 0 Å². The number of methoxy groups -OCH3 is 1. The molecule has 124 valence electrons. The van der Waals surface area contributed by atoms with Gasteiger partial charge in [-0.05, 0) is 30.9 Å². The van der Waals surface area contributed by atoms with Crippen molar-refractivity contribution in [1.82, 2.24) is 5.32 Å². The van der Waals surface area contributed by atoms with Gasteiger partial charge in [0.15, 0.2) is 0 Å². The maximum Gasteiger partial charge on any atom is 0.238 e. The number of amides is 1. The Morgan fingerprint density at radius 1 is 1.27 bits per heavy atom. The molecule has 0 fully saturated rings. The Labute approximate surface area is 133 Å². The van der Waals surface area contributed by atoms with E-state index < -0.39 is 0 Å². The molecule has 1 aromatic carbocycles. The highest BCUT2D eigenvalue weighted by Gasteiger charge is 2.06. The van der Waals surface area contributed by atoms with Crippen LogP contribution in [0.15, 0.2) is 18.2 Å². The number of benzene rings is 1. The zero-order valence-electron chi connectivity index (χ0n) is 14.1. The van der Waals surface area contributed by atoms with Crippen molar-refractivity contribution < 1.29 is 14.3 Å². The molecule has 0 aliphatic heterocycles. The molecule has 0 saturated heterocycles. The molecule has 0 spiro atoms. The van der Waals surface area contributed by atoms with Crippen molar-refractivity contribution in [1.29, 1.82) is 0 Å². The van der Waals surface area contributed by atoms with Crippen molar-refractivity contribution in [3.8, 4) is 5.75 Å². The fourth-order valence-corrected chi connectivity index (χ4v) is 1.82. The predicted octanol–water partition coefficient (Wildman–Crippen LogP) is 2.59. The summed E-state index contributed by atoms with van der Waals surface area (Å²) >= 11 is 0.